The molecule has 2 N–H and O–H groups in total. The summed E-state index contributed by atoms with van der Waals surface area (Å²) in [6.45, 7) is 0. The number of sulfonamides is 1. The Balaban J connectivity index is 1.53. The predicted molar refractivity (Wildman–Crippen MR) is 126 cm³/mol. The molecule has 4 aromatic rings. The van der Waals surface area contributed by atoms with Crippen molar-refractivity contribution in [2.45, 2.75) is 4.90 Å². The van der Waals surface area contributed by atoms with Crippen molar-refractivity contribution in [1.82, 2.24) is 4.98 Å². The van der Waals surface area contributed by atoms with Gasteiger partial charge in [0.05, 0.1) is 29.0 Å². The van der Waals surface area contributed by atoms with E-state index in [1.165, 1.54) is 23.5 Å². The van der Waals surface area contributed by atoms with Crippen LogP contribution in [-0.2, 0) is 10.0 Å². The minimum Gasteiger partial charge on any atom is -0.497 e. The fourth-order valence-electron chi connectivity index (χ4n) is 2.96. The molecule has 0 aliphatic carbocycles. The standard InChI is InChI=1S/C23H19N3O4S2/c1-30-17-13-11-16(12-14-17)21-15-31-23(24-21)25-22(27)19-9-5-6-10-20(19)26-32(28,29)18-7-3-2-4-8-18/h2-15,26H,1H3,(H,24,25,27). The molecular formula is C23H19N3O4S2. The lowest BCUT2D eigenvalue weighted by atomic mass is 10.1. The van der Waals surface area contributed by atoms with Crippen molar-refractivity contribution >= 4 is 38.1 Å². The van der Waals surface area contributed by atoms with Crippen molar-refractivity contribution in [2.24, 2.45) is 0 Å². The molecule has 1 heterocycles. The van der Waals surface area contributed by atoms with Gasteiger partial charge < -0.3 is 4.74 Å². The van der Waals surface area contributed by atoms with E-state index in [9.17, 15) is 13.2 Å². The Bertz CT molecular complexity index is 1340. The van der Waals surface area contributed by atoms with E-state index in [-0.39, 0.29) is 16.1 Å². The first-order valence-corrected chi connectivity index (χ1v) is 11.9. The van der Waals surface area contributed by atoms with Gasteiger partial charge in [0.25, 0.3) is 15.9 Å². The first-order chi connectivity index (χ1) is 15.5. The summed E-state index contributed by atoms with van der Waals surface area (Å²) in [7, 11) is -2.23. The second-order valence-electron chi connectivity index (χ2n) is 6.68. The number of carbonyl (C=O) groups excluding carboxylic acids is 1. The number of rotatable bonds is 7. The Morgan fingerprint density at radius 1 is 0.938 bits per heavy atom. The lowest BCUT2D eigenvalue weighted by Crippen LogP contribution is -2.18. The van der Waals surface area contributed by atoms with Gasteiger partial charge in [0, 0.05) is 10.9 Å². The van der Waals surface area contributed by atoms with Gasteiger partial charge in [-0.15, -0.1) is 11.3 Å². The number of methoxy groups -OCH3 is 1. The molecule has 0 spiro atoms. The number of amides is 1. The van der Waals surface area contributed by atoms with Gasteiger partial charge in [-0.3, -0.25) is 14.8 Å². The lowest BCUT2D eigenvalue weighted by Gasteiger charge is -2.12. The van der Waals surface area contributed by atoms with Gasteiger partial charge in [-0.1, -0.05) is 30.3 Å². The highest BCUT2D eigenvalue weighted by Crippen LogP contribution is 2.27. The van der Waals surface area contributed by atoms with Gasteiger partial charge in [-0.25, -0.2) is 13.4 Å². The number of hydrogen-bond acceptors (Lipinski definition) is 6. The number of nitrogens with zero attached hydrogens (tertiary/aromatic N) is 1. The molecule has 1 aromatic heterocycles. The van der Waals surface area contributed by atoms with Gasteiger partial charge >= 0.3 is 0 Å². The molecule has 0 aliphatic heterocycles. The normalized spacial score (nSPS) is 11.0. The fraction of sp³-hybridized carbons (Fsp3) is 0.0435. The second kappa shape index (κ2) is 9.21. The molecule has 9 heteroatoms. The number of carbonyl (C=O) groups is 1. The number of nitrogens with one attached hydrogen (secondary N) is 2. The van der Waals surface area contributed by atoms with Crippen molar-refractivity contribution < 1.29 is 17.9 Å². The largest absolute Gasteiger partial charge is 0.497 e. The van der Waals surface area contributed by atoms with Crippen molar-refractivity contribution in [3.8, 4) is 17.0 Å². The maximum atomic E-state index is 12.9. The van der Waals surface area contributed by atoms with E-state index < -0.39 is 15.9 Å². The summed E-state index contributed by atoms with van der Waals surface area (Å²) in [5.74, 6) is 0.277. The summed E-state index contributed by atoms with van der Waals surface area (Å²) in [6.07, 6.45) is 0. The van der Waals surface area contributed by atoms with Crippen molar-refractivity contribution in [3.63, 3.8) is 0 Å². The van der Waals surface area contributed by atoms with Crippen LogP contribution < -0.4 is 14.8 Å². The number of aromatic nitrogens is 1. The summed E-state index contributed by atoms with van der Waals surface area (Å²) in [5, 5.41) is 4.98. The number of anilines is 2. The van der Waals surface area contributed by atoms with Crippen LogP contribution in [0.4, 0.5) is 10.8 Å². The average molecular weight is 466 g/mol. The van der Waals surface area contributed by atoms with E-state index in [4.69, 9.17) is 4.74 Å². The van der Waals surface area contributed by atoms with E-state index in [0.29, 0.717) is 10.8 Å². The summed E-state index contributed by atoms with van der Waals surface area (Å²) in [5.41, 5.74) is 1.97. The maximum Gasteiger partial charge on any atom is 0.261 e. The fourth-order valence-corrected chi connectivity index (χ4v) is 4.78. The molecule has 0 atom stereocenters. The number of hydrogen-bond donors (Lipinski definition) is 2. The topological polar surface area (TPSA) is 97.4 Å². The molecule has 7 nitrogen and oxygen atoms in total. The number of ether oxygens (including phenoxy) is 1. The molecule has 4 rings (SSSR count). The Labute approximate surface area is 189 Å². The van der Waals surface area contributed by atoms with Crippen molar-refractivity contribution in [3.05, 3.63) is 89.8 Å². The van der Waals surface area contributed by atoms with Gasteiger partial charge in [-0.05, 0) is 48.5 Å². The molecule has 0 saturated carbocycles. The van der Waals surface area contributed by atoms with Crippen LogP contribution in [0, 0.1) is 0 Å². The highest BCUT2D eigenvalue weighted by Gasteiger charge is 2.19. The van der Waals surface area contributed by atoms with Crippen molar-refractivity contribution in [1.29, 1.82) is 0 Å². The van der Waals surface area contributed by atoms with Crippen LogP contribution in [0.25, 0.3) is 11.3 Å². The van der Waals surface area contributed by atoms with Gasteiger partial charge in [0.1, 0.15) is 5.75 Å². The van der Waals surface area contributed by atoms with Gasteiger partial charge in [0.15, 0.2) is 5.13 Å². The Morgan fingerprint density at radius 3 is 2.34 bits per heavy atom. The first-order valence-electron chi connectivity index (χ1n) is 9.54. The molecule has 162 valence electrons. The SMILES string of the molecule is COc1ccc(-c2csc(NC(=O)c3ccccc3NS(=O)(=O)c3ccccc3)n2)cc1. The zero-order valence-corrected chi connectivity index (χ0v) is 18.6. The van der Waals surface area contributed by atoms with E-state index in [0.717, 1.165) is 11.3 Å². The monoisotopic (exact) mass is 465 g/mol. The molecule has 3 aromatic carbocycles. The van der Waals surface area contributed by atoms with Gasteiger partial charge in [-0.2, -0.15) is 0 Å². The maximum absolute atomic E-state index is 12.9. The molecule has 0 bridgehead atoms. The van der Waals surface area contributed by atoms with E-state index >= 15 is 0 Å². The van der Waals surface area contributed by atoms with Crippen LogP contribution in [0.15, 0.2) is 89.1 Å². The zero-order valence-electron chi connectivity index (χ0n) is 17.0. The Kier molecular flexibility index (Phi) is 6.20. The quantitative estimate of drug-likeness (QED) is 0.406. The van der Waals surface area contributed by atoms with E-state index in [1.807, 2.05) is 29.6 Å². The third-order valence-electron chi connectivity index (χ3n) is 4.58. The number of benzene rings is 3. The predicted octanol–water partition coefficient (Wildman–Crippen LogP) is 4.87. The van der Waals surface area contributed by atoms with E-state index in [1.54, 1.807) is 49.6 Å². The Hall–Kier alpha value is -3.69. The van der Waals surface area contributed by atoms with Gasteiger partial charge in [0.2, 0.25) is 0 Å². The number of thiazole rings is 1. The molecule has 0 fully saturated rings. The van der Waals surface area contributed by atoms with Crippen LogP contribution in [0.1, 0.15) is 10.4 Å². The second-order valence-corrected chi connectivity index (χ2v) is 9.23. The molecule has 0 aliphatic rings. The smallest absolute Gasteiger partial charge is 0.261 e. The third kappa shape index (κ3) is 4.79. The van der Waals surface area contributed by atoms with Crippen LogP contribution >= 0.6 is 11.3 Å². The Morgan fingerprint density at radius 2 is 1.62 bits per heavy atom. The van der Waals surface area contributed by atoms with E-state index in [2.05, 4.69) is 15.0 Å². The minimum atomic E-state index is -3.83. The molecule has 32 heavy (non-hydrogen) atoms. The third-order valence-corrected chi connectivity index (χ3v) is 6.72. The van der Waals surface area contributed by atoms with Crippen LogP contribution in [-0.4, -0.2) is 26.4 Å². The first kappa shape index (κ1) is 21.5. The average Bonchev–Trinajstić information content (AvgIpc) is 3.28. The zero-order chi connectivity index (χ0) is 22.6. The molecular weight excluding hydrogens is 446 g/mol. The summed E-state index contributed by atoms with van der Waals surface area (Å²) >= 11 is 1.28. The van der Waals surface area contributed by atoms with Crippen LogP contribution in [0.3, 0.4) is 0 Å². The minimum absolute atomic E-state index is 0.110. The highest BCUT2D eigenvalue weighted by molar-refractivity contribution is 7.92. The van der Waals surface area contributed by atoms with Crippen molar-refractivity contribution in [2.75, 3.05) is 17.1 Å². The van der Waals surface area contributed by atoms with Crippen LogP contribution in [0.5, 0.6) is 5.75 Å². The molecule has 0 unspecified atom stereocenters. The lowest BCUT2D eigenvalue weighted by molar-refractivity contribution is 0.102. The van der Waals surface area contributed by atoms with Crippen LogP contribution in [0.2, 0.25) is 0 Å². The molecule has 0 saturated heterocycles. The summed E-state index contributed by atoms with van der Waals surface area (Å²) < 4.78 is 33.0. The molecule has 0 radical (unpaired) electrons. The number of para-hydroxylation sites is 1. The summed E-state index contributed by atoms with van der Waals surface area (Å²) in [6, 6.07) is 21.8. The summed E-state index contributed by atoms with van der Waals surface area (Å²) in [4.78, 5) is 17.5. The molecule has 1 amide bonds. The highest BCUT2D eigenvalue weighted by atomic mass is 32.2.